The van der Waals surface area contributed by atoms with Crippen LogP contribution in [0.5, 0.6) is 0 Å². The first-order chi connectivity index (χ1) is 8.48. The monoisotopic (exact) mass is 274 g/mol. The fourth-order valence-electron chi connectivity index (χ4n) is 3.78. The van der Waals surface area contributed by atoms with Crippen LogP contribution in [0.25, 0.3) is 0 Å². The molecule has 5 heteroatoms. The number of rotatable bonds is 4. The fourth-order valence-corrected chi connectivity index (χ4v) is 5.47. The Labute approximate surface area is 111 Å². The topological polar surface area (TPSA) is 72.2 Å². The zero-order valence-electron chi connectivity index (χ0n) is 11.3. The van der Waals surface area contributed by atoms with E-state index in [1.165, 1.54) is 25.5 Å². The highest BCUT2D eigenvalue weighted by atomic mass is 32.2. The number of nitrogens with one attached hydrogen (secondary N) is 1. The van der Waals surface area contributed by atoms with E-state index in [1.807, 2.05) is 0 Å². The predicted octanol–water partition coefficient (Wildman–Crippen LogP) is 1.20. The second kappa shape index (κ2) is 5.47. The Kier molecular flexibility index (Phi) is 4.34. The third kappa shape index (κ3) is 2.89. The first kappa shape index (κ1) is 14.3. The van der Waals surface area contributed by atoms with Crippen molar-refractivity contribution in [1.29, 1.82) is 0 Å². The summed E-state index contributed by atoms with van der Waals surface area (Å²) in [5.41, 5.74) is 5.58. The van der Waals surface area contributed by atoms with Crippen LogP contribution in [0.15, 0.2) is 0 Å². The molecule has 2 rings (SSSR count). The van der Waals surface area contributed by atoms with Crippen LogP contribution in [0.1, 0.15) is 51.4 Å². The Morgan fingerprint density at radius 3 is 2.39 bits per heavy atom. The molecule has 2 aliphatic carbocycles. The lowest BCUT2D eigenvalue weighted by Gasteiger charge is -2.39. The van der Waals surface area contributed by atoms with Gasteiger partial charge in [0.05, 0.1) is 5.25 Å². The van der Waals surface area contributed by atoms with E-state index in [-0.39, 0.29) is 10.8 Å². The van der Waals surface area contributed by atoms with Gasteiger partial charge in [0.25, 0.3) is 0 Å². The second-order valence-corrected chi connectivity index (χ2v) is 8.28. The van der Waals surface area contributed by atoms with Crippen LogP contribution in [0.3, 0.4) is 0 Å². The Morgan fingerprint density at radius 1 is 1.17 bits per heavy atom. The standard InChI is InChI=1S/C13H26N2O2S/c1-18(16,17)12-8-5-9-13(12,10-14)15-11-6-3-2-4-7-11/h11-12,15H,2-10,14H2,1H3. The van der Waals surface area contributed by atoms with Gasteiger partial charge in [-0.05, 0) is 25.7 Å². The largest absolute Gasteiger partial charge is 0.329 e. The minimum Gasteiger partial charge on any atom is -0.329 e. The molecule has 0 heterocycles. The molecule has 0 spiro atoms. The third-order valence-electron chi connectivity index (χ3n) is 4.68. The molecule has 0 amide bonds. The molecule has 2 saturated carbocycles. The summed E-state index contributed by atoms with van der Waals surface area (Å²) in [6.07, 6.45) is 10.1. The van der Waals surface area contributed by atoms with Crippen molar-refractivity contribution in [2.45, 2.75) is 68.2 Å². The SMILES string of the molecule is CS(=O)(=O)C1CCCC1(CN)NC1CCCCC1. The van der Waals surface area contributed by atoms with E-state index in [0.717, 1.165) is 32.1 Å². The van der Waals surface area contributed by atoms with Gasteiger partial charge in [-0.3, -0.25) is 0 Å². The fraction of sp³-hybridized carbons (Fsp3) is 1.00. The average molecular weight is 274 g/mol. The van der Waals surface area contributed by atoms with Crippen molar-refractivity contribution in [2.24, 2.45) is 5.73 Å². The van der Waals surface area contributed by atoms with Crippen molar-refractivity contribution in [2.75, 3.05) is 12.8 Å². The van der Waals surface area contributed by atoms with E-state index < -0.39 is 9.84 Å². The maximum Gasteiger partial charge on any atom is 0.152 e. The maximum atomic E-state index is 12.0. The Hall–Kier alpha value is -0.130. The van der Waals surface area contributed by atoms with Gasteiger partial charge in [-0.2, -0.15) is 0 Å². The van der Waals surface area contributed by atoms with E-state index in [1.54, 1.807) is 0 Å². The van der Waals surface area contributed by atoms with E-state index in [9.17, 15) is 8.42 Å². The molecule has 106 valence electrons. The molecule has 0 saturated heterocycles. The molecule has 4 nitrogen and oxygen atoms in total. The molecule has 0 radical (unpaired) electrons. The Balaban J connectivity index is 2.13. The molecule has 0 aliphatic heterocycles. The maximum absolute atomic E-state index is 12.0. The van der Waals surface area contributed by atoms with Crippen LogP contribution in [0.2, 0.25) is 0 Å². The zero-order chi connectivity index (χ0) is 13.2. The van der Waals surface area contributed by atoms with E-state index in [0.29, 0.717) is 12.6 Å². The van der Waals surface area contributed by atoms with Crippen LogP contribution in [0.4, 0.5) is 0 Å². The average Bonchev–Trinajstić information content (AvgIpc) is 2.74. The van der Waals surface area contributed by atoms with Crippen molar-refractivity contribution >= 4 is 9.84 Å². The highest BCUT2D eigenvalue weighted by molar-refractivity contribution is 7.91. The van der Waals surface area contributed by atoms with Gasteiger partial charge in [0.2, 0.25) is 0 Å². The van der Waals surface area contributed by atoms with Crippen molar-refractivity contribution in [3.05, 3.63) is 0 Å². The number of hydrogen-bond acceptors (Lipinski definition) is 4. The lowest BCUT2D eigenvalue weighted by Crippen LogP contribution is -2.61. The molecule has 18 heavy (non-hydrogen) atoms. The van der Waals surface area contributed by atoms with Gasteiger partial charge >= 0.3 is 0 Å². The first-order valence-electron chi connectivity index (χ1n) is 7.14. The first-order valence-corrected chi connectivity index (χ1v) is 9.10. The van der Waals surface area contributed by atoms with Crippen molar-refractivity contribution in [1.82, 2.24) is 5.32 Å². The molecule has 0 aromatic rings. The van der Waals surface area contributed by atoms with E-state index in [2.05, 4.69) is 5.32 Å². The molecule has 2 fully saturated rings. The molecule has 2 aliphatic rings. The molecule has 0 aromatic carbocycles. The summed E-state index contributed by atoms with van der Waals surface area (Å²) in [4.78, 5) is 0. The quantitative estimate of drug-likeness (QED) is 0.808. The van der Waals surface area contributed by atoms with Crippen molar-refractivity contribution in [3.63, 3.8) is 0 Å². The predicted molar refractivity (Wildman–Crippen MR) is 74.3 cm³/mol. The van der Waals surface area contributed by atoms with Gasteiger partial charge in [0.15, 0.2) is 9.84 Å². The minimum absolute atomic E-state index is 0.295. The van der Waals surface area contributed by atoms with Crippen molar-refractivity contribution < 1.29 is 8.42 Å². The summed E-state index contributed by atoms with van der Waals surface area (Å²) in [5.74, 6) is 0. The molecule has 2 atom stereocenters. The second-order valence-electron chi connectivity index (χ2n) is 6.05. The molecular formula is C13H26N2O2S. The van der Waals surface area contributed by atoms with Crippen LogP contribution < -0.4 is 11.1 Å². The molecule has 2 unspecified atom stereocenters. The van der Waals surface area contributed by atoms with Gasteiger partial charge < -0.3 is 11.1 Å². The summed E-state index contributed by atoms with van der Waals surface area (Å²) >= 11 is 0. The summed E-state index contributed by atoms with van der Waals surface area (Å²) in [7, 11) is -3.02. The van der Waals surface area contributed by atoms with Crippen LogP contribution in [0, 0.1) is 0 Å². The molecular weight excluding hydrogens is 248 g/mol. The van der Waals surface area contributed by atoms with Crippen LogP contribution in [-0.2, 0) is 9.84 Å². The highest BCUT2D eigenvalue weighted by Gasteiger charge is 2.47. The Bertz CT molecular complexity index is 376. The summed E-state index contributed by atoms with van der Waals surface area (Å²) < 4.78 is 23.9. The van der Waals surface area contributed by atoms with Gasteiger partial charge in [0, 0.05) is 24.4 Å². The number of hydrogen-bond donors (Lipinski definition) is 2. The van der Waals surface area contributed by atoms with Gasteiger partial charge in [-0.1, -0.05) is 25.7 Å². The third-order valence-corrected chi connectivity index (χ3v) is 6.40. The smallest absolute Gasteiger partial charge is 0.152 e. The number of sulfone groups is 1. The van der Waals surface area contributed by atoms with E-state index in [4.69, 9.17) is 5.73 Å². The summed E-state index contributed by atoms with van der Waals surface area (Å²) in [6, 6.07) is 0.463. The van der Waals surface area contributed by atoms with Gasteiger partial charge in [-0.25, -0.2) is 8.42 Å². The van der Waals surface area contributed by atoms with Gasteiger partial charge in [-0.15, -0.1) is 0 Å². The van der Waals surface area contributed by atoms with Gasteiger partial charge in [0.1, 0.15) is 0 Å². The molecule has 0 bridgehead atoms. The van der Waals surface area contributed by atoms with Crippen molar-refractivity contribution in [3.8, 4) is 0 Å². The number of nitrogens with two attached hydrogens (primary N) is 1. The Morgan fingerprint density at radius 2 is 1.83 bits per heavy atom. The summed E-state index contributed by atoms with van der Waals surface area (Å²) in [6.45, 7) is 0.432. The lowest BCUT2D eigenvalue weighted by atomic mass is 9.90. The normalized spacial score (nSPS) is 34.9. The minimum atomic E-state index is -3.02. The van der Waals surface area contributed by atoms with Crippen LogP contribution >= 0.6 is 0 Å². The van der Waals surface area contributed by atoms with Crippen LogP contribution in [-0.4, -0.2) is 38.0 Å². The van der Waals surface area contributed by atoms with E-state index >= 15 is 0 Å². The lowest BCUT2D eigenvalue weighted by molar-refractivity contribution is 0.256. The summed E-state index contributed by atoms with van der Waals surface area (Å²) in [5, 5.41) is 3.34. The molecule has 0 aromatic heterocycles. The highest BCUT2D eigenvalue weighted by Crippen LogP contribution is 2.35. The zero-order valence-corrected chi connectivity index (χ0v) is 12.1. The molecule has 3 N–H and O–H groups in total.